The van der Waals surface area contributed by atoms with E-state index in [9.17, 15) is 14.0 Å². The molecule has 1 aliphatic carbocycles. The number of nitrogens with zero attached hydrogens (tertiary/aromatic N) is 3. The van der Waals surface area contributed by atoms with Crippen LogP contribution in [0.2, 0.25) is 0 Å². The van der Waals surface area contributed by atoms with Crippen LogP contribution in [0.25, 0.3) is 0 Å². The van der Waals surface area contributed by atoms with Crippen molar-refractivity contribution < 1.29 is 23.5 Å². The maximum Gasteiger partial charge on any atom is 0.275 e. The number of aromatic amines is 1. The molecule has 37 heavy (non-hydrogen) atoms. The molecule has 0 radical (unpaired) electrons. The predicted octanol–water partition coefficient (Wildman–Crippen LogP) is 4.66. The van der Waals surface area contributed by atoms with Gasteiger partial charge in [-0.15, -0.1) is 0 Å². The largest absolute Gasteiger partial charge is 0.493 e. The van der Waals surface area contributed by atoms with E-state index in [0.29, 0.717) is 22.6 Å². The number of rotatable bonds is 9. The van der Waals surface area contributed by atoms with Crippen LogP contribution in [-0.2, 0) is 11.3 Å². The molecule has 0 saturated heterocycles. The number of H-pyrrole nitrogens is 1. The van der Waals surface area contributed by atoms with Crippen molar-refractivity contribution in [3.63, 3.8) is 0 Å². The number of aryl methyl sites for hydroxylation is 1. The molecular formula is C28H33FN4O4. The molecule has 4 rings (SSSR count). The highest BCUT2D eigenvalue weighted by atomic mass is 19.1. The maximum absolute atomic E-state index is 14.2. The Morgan fingerprint density at radius 2 is 1.73 bits per heavy atom. The third-order valence-electron chi connectivity index (χ3n) is 6.94. The van der Waals surface area contributed by atoms with Crippen LogP contribution in [0.5, 0.6) is 11.5 Å². The summed E-state index contributed by atoms with van der Waals surface area (Å²) >= 11 is 0. The number of ether oxygens (including phenoxy) is 2. The Labute approximate surface area is 216 Å². The second kappa shape index (κ2) is 11.5. The van der Waals surface area contributed by atoms with E-state index in [4.69, 9.17) is 9.47 Å². The Bertz CT molecular complexity index is 1240. The van der Waals surface area contributed by atoms with Gasteiger partial charge in [0.15, 0.2) is 11.5 Å². The number of halogens is 1. The van der Waals surface area contributed by atoms with Crippen molar-refractivity contribution in [1.29, 1.82) is 0 Å². The van der Waals surface area contributed by atoms with Crippen molar-refractivity contribution in [2.75, 3.05) is 21.3 Å². The minimum atomic E-state index is -0.972. The number of methoxy groups -OCH3 is 2. The van der Waals surface area contributed by atoms with Gasteiger partial charge in [0.05, 0.1) is 14.2 Å². The minimum Gasteiger partial charge on any atom is -0.493 e. The zero-order valence-electron chi connectivity index (χ0n) is 21.7. The Kier molecular flexibility index (Phi) is 8.11. The SMILES string of the molecule is COc1ccc(C(C(=O)N(C)C2CCCC2)N(Cc2ccc(F)cc2)C(=O)c2cc(C)[nH]n2)cc1OC. The van der Waals surface area contributed by atoms with Gasteiger partial charge in [-0.3, -0.25) is 14.7 Å². The summed E-state index contributed by atoms with van der Waals surface area (Å²) in [5.74, 6) is -0.0337. The van der Waals surface area contributed by atoms with Gasteiger partial charge in [0.2, 0.25) is 5.91 Å². The highest BCUT2D eigenvalue weighted by Gasteiger charge is 2.37. The lowest BCUT2D eigenvalue weighted by molar-refractivity contribution is -0.137. The van der Waals surface area contributed by atoms with Crippen molar-refractivity contribution in [1.82, 2.24) is 20.0 Å². The standard InChI is InChI=1S/C28H33FN4O4/c1-18-15-23(31-30-18)27(34)33(17-19-9-12-21(29)13-10-19)26(28(35)32(2)22-7-5-6-8-22)20-11-14-24(36-3)25(16-20)37-4/h9-16,22,26H,5-8,17H2,1-4H3,(H,30,31). The van der Waals surface area contributed by atoms with Crippen LogP contribution in [0.4, 0.5) is 4.39 Å². The average molecular weight is 509 g/mol. The van der Waals surface area contributed by atoms with Gasteiger partial charge < -0.3 is 19.3 Å². The molecule has 1 unspecified atom stereocenters. The minimum absolute atomic E-state index is 0.0777. The molecule has 3 aromatic rings. The summed E-state index contributed by atoms with van der Waals surface area (Å²) < 4.78 is 24.6. The molecular weight excluding hydrogens is 475 g/mol. The first-order valence-electron chi connectivity index (χ1n) is 12.4. The topological polar surface area (TPSA) is 87.8 Å². The van der Waals surface area contributed by atoms with Crippen molar-refractivity contribution in [2.24, 2.45) is 0 Å². The first-order chi connectivity index (χ1) is 17.8. The van der Waals surface area contributed by atoms with Crippen LogP contribution in [0.15, 0.2) is 48.5 Å². The first kappa shape index (κ1) is 26.2. The highest BCUT2D eigenvalue weighted by Crippen LogP contribution is 2.35. The maximum atomic E-state index is 14.2. The van der Waals surface area contributed by atoms with E-state index in [1.807, 2.05) is 0 Å². The number of likely N-dealkylation sites (N-methyl/N-ethyl adjacent to an activating group) is 1. The lowest BCUT2D eigenvalue weighted by Gasteiger charge is -2.36. The molecule has 2 aromatic carbocycles. The predicted molar refractivity (Wildman–Crippen MR) is 137 cm³/mol. The number of carbonyl (C=O) groups excluding carboxylic acids is 2. The van der Waals surface area contributed by atoms with Crippen molar-refractivity contribution in [3.8, 4) is 11.5 Å². The smallest absolute Gasteiger partial charge is 0.275 e. The summed E-state index contributed by atoms with van der Waals surface area (Å²) in [6.45, 7) is 1.88. The van der Waals surface area contributed by atoms with Crippen LogP contribution in [0.3, 0.4) is 0 Å². The van der Waals surface area contributed by atoms with E-state index < -0.39 is 11.9 Å². The van der Waals surface area contributed by atoms with Crippen LogP contribution < -0.4 is 9.47 Å². The molecule has 0 spiro atoms. The van der Waals surface area contributed by atoms with E-state index in [1.165, 1.54) is 31.3 Å². The molecule has 1 saturated carbocycles. The lowest BCUT2D eigenvalue weighted by Crippen LogP contribution is -2.46. The Balaban J connectivity index is 1.83. The summed E-state index contributed by atoms with van der Waals surface area (Å²) in [6.07, 6.45) is 3.97. The van der Waals surface area contributed by atoms with Crippen LogP contribution >= 0.6 is 0 Å². The van der Waals surface area contributed by atoms with Gasteiger partial charge in [-0.1, -0.05) is 31.0 Å². The Hall–Kier alpha value is -3.88. The zero-order chi connectivity index (χ0) is 26.5. The fourth-order valence-corrected chi connectivity index (χ4v) is 4.88. The highest BCUT2D eigenvalue weighted by molar-refractivity contribution is 5.96. The molecule has 1 aliphatic rings. The number of hydrogen-bond donors (Lipinski definition) is 1. The summed E-state index contributed by atoms with van der Waals surface area (Å²) in [7, 11) is 4.86. The van der Waals surface area contributed by atoms with Crippen molar-refractivity contribution in [3.05, 3.63) is 76.9 Å². The second-order valence-corrected chi connectivity index (χ2v) is 9.40. The van der Waals surface area contributed by atoms with Gasteiger partial charge in [-0.25, -0.2) is 4.39 Å². The summed E-state index contributed by atoms with van der Waals surface area (Å²) in [5.41, 5.74) is 2.18. The van der Waals surface area contributed by atoms with Gasteiger partial charge in [0.1, 0.15) is 17.6 Å². The summed E-state index contributed by atoms with van der Waals surface area (Å²) in [6, 6.07) is 11.9. The number of benzene rings is 2. The normalized spacial score (nSPS) is 14.3. The molecule has 1 N–H and O–H groups in total. The number of carbonyl (C=O) groups is 2. The number of hydrogen-bond acceptors (Lipinski definition) is 5. The van der Waals surface area contributed by atoms with Crippen LogP contribution in [0.1, 0.15) is 59.0 Å². The van der Waals surface area contributed by atoms with Gasteiger partial charge in [-0.05, 0) is 61.2 Å². The van der Waals surface area contributed by atoms with E-state index >= 15 is 0 Å². The Morgan fingerprint density at radius 1 is 1.05 bits per heavy atom. The van der Waals surface area contributed by atoms with E-state index in [2.05, 4.69) is 10.2 Å². The van der Waals surface area contributed by atoms with E-state index in [-0.39, 0.29) is 30.0 Å². The quantitative estimate of drug-likeness (QED) is 0.454. The third-order valence-corrected chi connectivity index (χ3v) is 6.94. The zero-order valence-corrected chi connectivity index (χ0v) is 21.7. The molecule has 2 amide bonds. The van der Waals surface area contributed by atoms with E-state index in [0.717, 1.165) is 31.4 Å². The lowest BCUT2D eigenvalue weighted by atomic mass is 10.00. The van der Waals surface area contributed by atoms with Gasteiger partial charge in [0, 0.05) is 25.3 Å². The summed E-state index contributed by atoms with van der Waals surface area (Å²) in [5, 5.41) is 6.97. The van der Waals surface area contributed by atoms with Crippen molar-refractivity contribution in [2.45, 2.75) is 51.2 Å². The average Bonchev–Trinajstić information content (AvgIpc) is 3.60. The first-order valence-corrected chi connectivity index (χ1v) is 12.4. The Morgan fingerprint density at radius 3 is 2.32 bits per heavy atom. The number of aromatic nitrogens is 2. The molecule has 1 heterocycles. The number of amides is 2. The molecule has 196 valence electrons. The molecule has 1 aromatic heterocycles. The molecule has 0 bridgehead atoms. The molecule has 1 atom stereocenters. The molecule has 0 aliphatic heterocycles. The third kappa shape index (κ3) is 5.76. The fourth-order valence-electron chi connectivity index (χ4n) is 4.88. The van der Waals surface area contributed by atoms with Crippen LogP contribution in [0, 0.1) is 12.7 Å². The van der Waals surface area contributed by atoms with Crippen molar-refractivity contribution >= 4 is 11.8 Å². The van der Waals surface area contributed by atoms with E-state index in [1.54, 1.807) is 55.3 Å². The fraction of sp³-hybridized carbons (Fsp3) is 0.393. The monoisotopic (exact) mass is 508 g/mol. The molecule has 9 heteroatoms. The van der Waals surface area contributed by atoms with Crippen LogP contribution in [-0.4, -0.2) is 59.1 Å². The molecule has 8 nitrogen and oxygen atoms in total. The van der Waals surface area contributed by atoms with Gasteiger partial charge in [-0.2, -0.15) is 5.10 Å². The number of nitrogens with one attached hydrogen (secondary N) is 1. The second-order valence-electron chi connectivity index (χ2n) is 9.40. The van der Waals surface area contributed by atoms with Gasteiger partial charge in [0.25, 0.3) is 5.91 Å². The van der Waals surface area contributed by atoms with Gasteiger partial charge >= 0.3 is 0 Å². The molecule has 1 fully saturated rings. The summed E-state index contributed by atoms with van der Waals surface area (Å²) in [4.78, 5) is 31.4.